The van der Waals surface area contributed by atoms with E-state index in [1.165, 1.54) is 12.4 Å². The van der Waals surface area contributed by atoms with Crippen LogP contribution in [0.15, 0.2) is 100 Å². The molecule has 0 unspecified atom stereocenters. The van der Waals surface area contributed by atoms with Crippen molar-refractivity contribution in [1.82, 2.24) is 4.98 Å². The molecule has 6 nitrogen and oxygen atoms in total. The van der Waals surface area contributed by atoms with E-state index in [0.29, 0.717) is 44.1 Å². The van der Waals surface area contributed by atoms with Crippen LogP contribution in [0.25, 0.3) is 0 Å². The third-order valence-electron chi connectivity index (χ3n) is 4.20. The summed E-state index contributed by atoms with van der Waals surface area (Å²) in [6, 6.07) is 25.2. The molecule has 166 valence electrons. The van der Waals surface area contributed by atoms with Gasteiger partial charge in [-0.25, -0.2) is 4.98 Å². The van der Waals surface area contributed by atoms with Gasteiger partial charge in [-0.3, -0.25) is 0 Å². The van der Waals surface area contributed by atoms with Crippen molar-refractivity contribution in [3.8, 4) is 17.6 Å². The highest BCUT2D eigenvalue weighted by Crippen LogP contribution is 2.21. The zero-order chi connectivity index (χ0) is 23.5. The fraction of sp³-hybridized carbons (Fsp3) is 0.0800. The summed E-state index contributed by atoms with van der Waals surface area (Å²) >= 11 is 6.51. The molecular formula is C25H19Br2N3O3. The SMILES string of the molecule is N#Cc1ncc(OCc2ccccc2)cc1Br.[O-][n+]1cc(Br)cc(OCc2ccccc2)c1. The quantitative estimate of drug-likeness (QED) is 0.212. The highest BCUT2D eigenvalue weighted by atomic mass is 79.9. The third kappa shape index (κ3) is 8.22. The molecule has 0 aliphatic heterocycles. The molecule has 2 heterocycles. The lowest BCUT2D eigenvalue weighted by molar-refractivity contribution is -0.606. The van der Waals surface area contributed by atoms with Gasteiger partial charge in [-0.15, -0.1) is 0 Å². The molecule has 0 saturated carbocycles. The minimum Gasteiger partial charge on any atom is -0.619 e. The smallest absolute Gasteiger partial charge is 0.222 e. The Morgan fingerprint density at radius 1 is 0.848 bits per heavy atom. The molecule has 0 amide bonds. The molecule has 33 heavy (non-hydrogen) atoms. The highest BCUT2D eigenvalue weighted by Gasteiger charge is 2.04. The first-order chi connectivity index (χ1) is 16.0. The van der Waals surface area contributed by atoms with Gasteiger partial charge in [-0.1, -0.05) is 60.7 Å². The van der Waals surface area contributed by atoms with E-state index in [-0.39, 0.29) is 0 Å². The Balaban J connectivity index is 0.000000186. The lowest BCUT2D eigenvalue weighted by Crippen LogP contribution is -2.24. The molecule has 0 atom stereocenters. The van der Waals surface area contributed by atoms with Gasteiger partial charge in [0.25, 0.3) is 0 Å². The van der Waals surface area contributed by atoms with Crippen LogP contribution in [0.1, 0.15) is 16.8 Å². The number of hydrogen-bond donors (Lipinski definition) is 0. The van der Waals surface area contributed by atoms with E-state index in [9.17, 15) is 5.21 Å². The van der Waals surface area contributed by atoms with Crippen molar-refractivity contribution in [2.75, 3.05) is 0 Å². The molecule has 4 aromatic rings. The average molecular weight is 569 g/mol. The van der Waals surface area contributed by atoms with Crippen molar-refractivity contribution in [2.45, 2.75) is 13.2 Å². The largest absolute Gasteiger partial charge is 0.619 e. The fourth-order valence-corrected chi connectivity index (χ4v) is 3.48. The van der Waals surface area contributed by atoms with E-state index in [2.05, 4.69) is 36.8 Å². The van der Waals surface area contributed by atoms with Crippen molar-refractivity contribution in [1.29, 1.82) is 5.26 Å². The summed E-state index contributed by atoms with van der Waals surface area (Å²) < 4.78 is 13.1. The van der Waals surface area contributed by atoms with Crippen LogP contribution < -0.4 is 14.2 Å². The number of nitrogens with zero attached hydrogens (tertiary/aromatic N) is 3. The van der Waals surface area contributed by atoms with Crippen LogP contribution in [-0.2, 0) is 13.2 Å². The van der Waals surface area contributed by atoms with E-state index < -0.39 is 0 Å². The van der Waals surface area contributed by atoms with Gasteiger partial charge in [-0.2, -0.15) is 9.99 Å². The number of aromatic nitrogens is 2. The molecule has 0 saturated heterocycles. The lowest BCUT2D eigenvalue weighted by atomic mass is 10.2. The van der Waals surface area contributed by atoms with Crippen LogP contribution in [0, 0.1) is 16.5 Å². The lowest BCUT2D eigenvalue weighted by Gasteiger charge is -2.06. The molecule has 0 aliphatic carbocycles. The van der Waals surface area contributed by atoms with Gasteiger partial charge in [0, 0.05) is 6.07 Å². The predicted octanol–water partition coefficient (Wildman–Crippen LogP) is 5.96. The number of nitriles is 1. The Hall–Kier alpha value is -3.41. The van der Waals surface area contributed by atoms with Gasteiger partial charge in [-0.05, 0) is 49.1 Å². The maximum atomic E-state index is 11.1. The summed E-state index contributed by atoms with van der Waals surface area (Å²) in [4.78, 5) is 3.98. The number of pyridine rings is 2. The molecule has 0 radical (unpaired) electrons. The Kier molecular flexibility index (Phi) is 9.24. The Morgan fingerprint density at radius 3 is 1.94 bits per heavy atom. The Morgan fingerprint density at radius 2 is 1.42 bits per heavy atom. The van der Waals surface area contributed by atoms with Crippen molar-refractivity contribution >= 4 is 31.9 Å². The second-order valence-electron chi connectivity index (χ2n) is 6.71. The number of ether oxygens (including phenoxy) is 2. The second-order valence-corrected chi connectivity index (χ2v) is 8.48. The molecular weight excluding hydrogens is 550 g/mol. The summed E-state index contributed by atoms with van der Waals surface area (Å²) in [5, 5.41) is 19.9. The van der Waals surface area contributed by atoms with Gasteiger partial charge < -0.3 is 14.7 Å². The molecule has 0 N–H and O–H groups in total. The molecule has 0 aliphatic rings. The third-order valence-corrected chi connectivity index (χ3v) is 5.24. The van der Waals surface area contributed by atoms with Crippen molar-refractivity contribution in [3.63, 3.8) is 0 Å². The van der Waals surface area contributed by atoms with Crippen LogP contribution in [0.4, 0.5) is 0 Å². The fourth-order valence-electron chi connectivity index (χ4n) is 2.64. The Labute approximate surface area is 208 Å². The van der Waals surface area contributed by atoms with Gasteiger partial charge >= 0.3 is 0 Å². The molecule has 2 aromatic carbocycles. The predicted molar refractivity (Wildman–Crippen MR) is 131 cm³/mol. The molecule has 2 aromatic heterocycles. The minimum atomic E-state index is 0.358. The summed E-state index contributed by atoms with van der Waals surface area (Å²) in [5.41, 5.74) is 2.52. The summed E-state index contributed by atoms with van der Waals surface area (Å²) in [6.07, 6.45) is 4.37. The zero-order valence-corrected chi connectivity index (χ0v) is 20.6. The van der Waals surface area contributed by atoms with E-state index >= 15 is 0 Å². The van der Waals surface area contributed by atoms with Crippen molar-refractivity contribution in [2.24, 2.45) is 0 Å². The van der Waals surface area contributed by atoms with Crippen LogP contribution >= 0.6 is 31.9 Å². The summed E-state index contributed by atoms with van der Waals surface area (Å²) in [7, 11) is 0. The zero-order valence-electron chi connectivity index (χ0n) is 17.4. The topological polar surface area (TPSA) is 82.1 Å². The van der Waals surface area contributed by atoms with E-state index in [1.807, 2.05) is 66.7 Å². The van der Waals surface area contributed by atoms with Crippen molar-refractivity contribution in [3.05, 3.63) is 122 Å². The first-order valence-electron chi connectivity index (χ1n) is 9.82. The van der Waals surface area contributed by atoms with E-state index in [0.717, 1.165) is 11.1 Å². The standard InChI is InChI=1S/C13H9BrN2O.C12H10BrNO2/c14-12-6-11(8-16-13(12)7-15)17-9-10-4-2-1-3-5-10;13-11-6-12(8-14(15)7-11)16-9-10-4-2-1-3-5-10/h1-6,8H,9H2;1-8H,9H2. The maximum absolute atomic E-state index is 11.1. The second kappa shape index (κ2) is 12.6. The molecule has 0 spiro atoms. The highest BCUT2D eigenvalue weighted by molar-refractivity contribution is 9.10. The van der Waals surface area contributed by atoms with Crippen molar-refractivity contribution < 1.29 is 14.2 Å². The summed E-state index contributed by atoms with van der Waals surface area (Å²) in [6.45, 7) is 0.943. The van der Waals surface area contributed by atoms with Gasteiger partial charge in [0.15, 0.2) is 17.6 Å². The molecule has 0 fully saturated rings. The summed E-state index contributed by atoms with van der Waals surface area (Å²) in [5.74, 6) is 1.19. The molecule has 0 bridgehead atoms. The van der Waals surface area contributed by atoms with Gasteiger partial charge in [0.2, 0.25) is 6.20 Å². The van der Waals surface area contributed by atoms with E-state index in [4.69, 9.17) is 14.7 Å². The van der Waals surface area contributed by atoms with Crippen LogP contribution in [0.2, 0.25) is 0 Å². The maximum Gasteiger partial charge on any atom is 0.222 e. The molecule has 8 heteroatoms. The first-order valence-corrected chi connectivity index (χ1v) is 11.4. The first kappa shape index (κ1) is 24.2. The molecule has 4 rings (SSSR count). The number of rotatable bonds is 6. The van der Waals surface area contributed by atoms with Gasteiger partial charge in [0.1, 0.15) is 25.0 Å². The van der Waals surface area contributed by atoms with E-state index in [1.54, 1.807) is 18.3 Å². The van der Waals surface area contributed by atoms with Gasteiger partial charge in [0.05, 0.1) is 15.1 Å². The monoisotopic (exact) mass is 567 g/mol. The van der Waals surface area contributed by atoms with Crippen LogP contribution in [0.5, 0.6) is 11.5 Å². The minimum absolute atomic E-state index is 0.358. The number of halogens is 2. The Bertz CT molecular complexity index is 1200. The normalized spacial score (nSPS) is 9.85. The average Bonchev–Trinajstić information content (AvgIpc) is 2.83. The number of benzene rings is 2. The number of hydrogen-bond acceptors (Lipinski definition) is 5. The van der Waals surface area contributed by atoms with Crippen LogP contribution in [-0.4, -0.2) is 4.98 Å². The van der Waals surface area contributed by atoms with Crippen LogP contribution in [0.3, 0.4) is 0 Å².